The van der Waals surface area contributed by atoms with Gasteiger partial charge >= 0.3 is 0 Å². The molecule has 1 aliphatic heterocycles. The van der Waals surface area contributed by atoms with Gasteiger partial charge in [0.1, 0.15) is 0 Å². The number of allylic oxidation sites excluding steroid dienone is 5. The van der Waals surface area contributed by atoms with Crippen molar-refractivity contribution in [1.29, 1.82) is 0 Å². The summed E-state index contributed by atoms with van der Waals surface area (Å²) in [4.78, 5) is 2.40. The molecule has 2 nitrogen and oxygen atoms in total. The molecular formula is C42H30N2S. The van der Waals surface area contributed by atoms with Crippen LogP contribution in [0.25, 0.3) is 54.4 Å². The first-order valence-corrected chi connectivity index (χ1v) is 16.3. The van der Waals surface area contributed by atoms with Crippen LogP contribution in [0.1, 0.15) is 12.5 Å². The van der Waals surface area contributed by atoms with Gasteiger partial charge in [0, 0.05) is 53.4 Å². The van der Waals surface area contributed by atoms with E-state index >= 15 is 0 Å². The zero-order valence-electron chi connectivity index (χ0n) is 24.7. The van der Waals surface area contributed by atoms with Crippen LogP contribution in [0.5, 0.6) is 0 Å². The maximum atomic E-state index is 4.08. The van der Waals surface area contributed by atoms with Gasteiger partial charge < -0.3 is 9.47 Å². The number of rotatable bonds is 5. The Morgan fingerprint density at radius 1 is 0.711 bits per heavy atom. The van der Waals surface area contributed by atoms with Crippen molar-refractivity contribution in [1.82, 2.24) is 4.57 Å². The fourth-order valence-electron chi connectivity index (χ4n) is 7.19. The van der Waals surface area contributed by atoms with Crippen molar-refractivity contribution in [3.05, 3.63) is 162 Å². The molecule has 3 heteroatoms. The molecule has 3 heterocycles. The number of aromatic nitrogens is 1. The summed E-state index contributed by atoms with van der Waals surface area (Å²) < 4.78 is 5.13. The Morgan fingerprint density at radius 2 is 1.44 bits per heavy atom. The molecule has 0 fully saturated rings. The Morgan fingerprint density at radius 3 is 2.31 bits per heavy atom. The van der Waals surface area contributed by atoms with Crippen LogP contribution in [0.4, 0.5) is 17.1 Å². The highest BCUT2D eigenvalue weighted by molar-refractivity contribution is 7.25. The molecule has 0 amide bonds. The topological polar surface area (TPSA) is 8.17 Å². The third kappa shape index (κ3) is 4.16. The van der Waals surface area contributed by atoms with Crippen LogP contribution in [0.3, 0.4) is 0 Å². The molecule has 7 aromatic rings. The van der Waals surface area contributed by atoms with Crippen LogP contribution in [-0.2, 0) is 0 Å². The Balaban J connectivity index is 1.25. The fraction of sp³-hybridized carbons (Fsp3) is 0.0476. The van der Waals surface area contributed by atoms with E-state index in [2.05, 4.69) is 162 Å². The van der Waals surface area contributed by atoms with Gasteiger partial charge in [0.05, 0.1) is 11.4 Å². The summed E-state index contributed by atoms with van der Waals surface area (Å²) in [5.41, 5.74) is 8.50. The van der Waals surface area contributed by atoms with Crippen molar-refractivity contribution < 1.29 is 0 Å². The normalized spacial score (nSPS) is 15.7. The predicted octanol–water partition coefficient (Wildman–Crippen LogP) is 10.3. The van der Waals surface area contributed by atoms with Crippen molar-refractivity contribution in [3.63, 3.8) is 0 Å². The second-order valence-corrected chi connectivity index (χ2v) is 12.9. The predicted molar refractivity (Wildman–Crippen MR) is 194 cm³/mol. The third-order valence-corrected chi connectivity index (χ3v) is 10.4. The summed E-state index contributed by atoms with van der Waals surface area (Å²) in [5.74, 6) is 0. The zero-order chi connectivity index (χ0) is 29.9. The molecule has 5 aromatic carbocycles. The standard InChI is InChI=1S/C42H30N2S/c1-2-10-34-37-26-32(22-24-39(37)44-38-15-8-6-13-30(38)25-40(34)44)43(31-19-17-29(18-20-31)28-11-4-3-5-12-28)33-21-23-36-35-14-7-9-16-41(35)45-42(36)27-33/h2-14,16-27,38H,1,15H2/b34-10-. The highest BCUT2D eigenvalue weighted by Gasteiger charge is 2.26. The minimum Gasteiger partial charge on any atom is -0.332 e. The summed E-state index contributed by atoms with van der Waals surface area (Å²) in [5, 5.41) is 6.38. The van der Waals surface area contributed by atoms with Gasteiger partial charge in [-0.05, 0) is 77.7 Å². The monoisotopic (exact) mass is 594 g/mol. The lowest BCUT2D eigenvalue weighted by molar-refractivity contribution is 0.618. The Bertz CT molecular complexity index is 2470. The van der Waals surface area contributed by atoms with E-state index in [-0.39, 0.29) is 0 Å². The smallest absolute Gasteiger partial charge is 0.0627 e. The number of benzene rings is 5. The highest BCUT2D eigenvalue weighted by Crippen LogP contribution is 2.42. The zero-order valence-corrected chi connectivity index (χ0v) is 25.5. The van der Waals surface area contributed by atoms with Crippen LogP contribution in [0.15, 0.2) is 152 Å². The van der Waals surface area contributed by atoms with Gasteiger partial charge in [-0.15, -0.1) is 11.3 Å². The number of hydrogen-bond acceptors (Lipinski definition) is 2. The van der Waals surface area contributed by atoms with E-state index < -0.39 is 0 Å². The summed E-state index contributed by atoms with van der Waals surface area (Å²) in [6.07, 6.45) is 14.2. The molecular weight excluding hydrogens is 565 g/mol. The van der Waals surface area contributed by atoms with E-state index in [1.54, 1.807) is 0 Å². The van der Waals surface area contributed by atoms with Gasteiger partial charge in [-0.3, -0.25) is 0 Å². The molecule has 9 rings (SSSR count). The van der Waals surface area contributed by atoms with E-state index in [4.69, 9.17) is 0 Å². The lowest BCUT2D eigenvalue weighted by atomic mass is 10.00. The highest BCUT2D eigenvalue weighted by atomic mass is 32.1. The van der Waals surface area contributed by atoms with Crippen molar-refractivity contribution in [2.75, 3.05) is 4.90 Å². The average Bonchev–Trinajstić information content (AvgIpc) is 3.75. The summed E-state index contributed by atoms with van der Waals surface area (Å²) in [6.45, 7) is 4.08. The molecule has 1 aliphatic carbocycles. The fourth-order valence-corrected chi connectivity index (χ4v) is 8.33. The second kappa shape index (κ2) is 10.4. The molecule has 2 aliphatic rings. The summed E-state index contributed by atoms with van der Waals surface area (Å²) in [7, 11) is 0. The molecule has 0 saturated carbocycles. The first-order valence-electron chi connectivity index (χ1n) is 15.5. The van der Waals surface area contributed by atoms with Gasteiger partial charge in [0.25, 0.3) is 0 Å². The molecule has 1 unspecified atom stereocenters. The van der Waals surface area contributed by atoms with Crippen LogP contribution < -0.4 is 15.5 Å². The van der Waals surface area contributed by atoms with Gasteiger partial charge in [-0.1, -0.05) is 104 Å². The van der Waals surface area contributed by atoms with Crippen molar-refractivity contribution in [3.8, 4) is 11.1 Å². The largest absolute Gasteiger partial charge is 0.332 e. The van der Waals surface area contributed by atoms with E-state index in [1.165, 1.54) is 58.3 Å². The van der Waals surface area contributed by atoms with Crippen molar-refractivity contribution in [2.24, 2.45) is 0 Å². The Hall–Kier alpha value is -5.38. The Kier molecular flexibility index (Phi) is 6.00. The molecule has 214 valence electrons. The Labute approximate surface area is 266 Å². The van der Waals surface area contributed by atoms with E-state index in [9.17, 15) is 0 Å². The molecule has 0 saturated heterocycles. The van der Waals surface area contributed by atoms with Crippen LogP contribution in [0, 0.1) is 0 Å². The maximum Gasteiger partial charge on any atom is 0.0627 e. The number of fused-ring (bicyclic) bond motifs is 8. The molecule has 2 aromatic heterocycles. The van der Waals surface area contributed by atoms with Gasteiger partial charge in [0.15, 0.2) is 0 Å². The lowest BCUT2D eigenvalue weighted by Gasteiger charge is -2.26. The minimum atomic E-state index is 0.349. The van der Waals surface area contributed by atoms with Gasteiger partial charge in [0.2, 0.25) is 0 Å². The number of thiophene rings is 1. The molecule has 0 spiro atoms. The first kappa shape index (κ1) is 26.1. The van der Waals surface area contributed by atoms with E-state index in [1.807, 2.05) is 17.4 Å². The minimum absolute atomic E-state index is 0.349. The average molecular weight is 595 g/mol. The molecule has 0 N–H and O–H groups in total. The number of anilines is 3. The second-order valence-electron chi connectivity index (χ2n) is 11.8. The quantitative estimate of drug-likeness (QED) is 0.192. The van der Waals surface area contributed by atoms with Crippen molar-refractivity contribution in [2.45, 2.75) is 12.5 Å². The van der Waals surface area contributed by atoms with Crippen LogP contribution in [0.2, 0.25) is 0 Å². The summed E-state index contributed by atoms with van der Waals surface area (Å²) >= 11 is 1.86. The van der Waals surface area contributed by atoms with E-state index in [0.717, 1.165) is 23.5 Å². The van der Waals surface area contributed by atoms with Gasteiger partial charge in [-0.2, -0.15) is 0 Å². The molecule has 1 atom stereocenters. The summed E-state index contributed by atoms with van der Waals surface area (Å²) in [6, 6.07) is 42.5. The first-order chi connectivity index (χ1) is 22.3. The van der Waals surface area contributed by atoms with Crippen molar-refractivity contribution >= 4 is 71.6 Å². The lowest BCUT2D eigenvalue weighted by Crippen LogP contribution is -2.26. The van der Waals surface area contributed by atoms with Crippen LogP contribution >= 0.6 is 11.3 Å². The molecule has 45 heavy (non-hydrogen) atoms. The third-order valence-electron chi connectivity index (χ3n) is 9.25. The number of nitrogens with zero attached hydrogens (tertiary/aromatic N) is 2. The van der Waals surface area contributed by atoms with Crippen LogP contribution in [-0.4, -0.2) is 4.57 Å². The number of hydrogen-bond donors (Lipinski definition) is 0. The molecule has 0 bridgehead atoms. The van der Waals surface area contributed by atoms with Gasteiger partial charge in [-0.25, -0.2) is 0 Å². The maximum absolute atomic E-state index is 4.08. The van der Waals surface area contributed by atoms with E-state index in [0.29, 0.717) is 6.04 Å². The SMILES string of the molecule is C=C/C=c1\c2n(c3ccc(N(c4ccc(-c5ccccc5)cc4)c4ccc5c(c4)sc4ccccc45)cc13)C1CC=CC=C1C=2. The molecule has 0 radical (unpaired) electrons.